The quantitative estimate of drug-likeness (QED) is 0.896. The summed E-state index contributed by atoms with van der Waals surface area (Å²) in [4.78, 5) is 4.33. The topological polar surface area (TPSA) is 60.2 Å². The highest BCUT2D eigenvalue weighted by molar-refractivity contribution is 5.57. The van der Waals surface area contributed by atoms with Gasteiger partial charge in [0.05, 0.1) is 6.61 Å². The number of hydrogen-bond donors (Lipinski definition) is 1. The molecule has 3 rings (SSSR count). The maximum atomic E-state index is 13.1. The molecule has 0 radical (unpaired) electrons. The van der Waals surface area contributed by atoms with E-state index in [0.717, 1.165) is 17.7 Å². The standard InChI is InChI=1S/C13H14FN3O2/c1-8-6-9(14)2-3-10(8)13-16-12(17-19-13)11-7-15-4-5-18-11/h2-3,6,11,15H,4-5,7H2,1H3. The minimum Gasteiger partial charge on any atom is -0.367 e. The Morgan fingerprint density at radius 1 is 1.42 bits per heavy atom. The first-order valence-electron chi connectivity index (χ1n) is 6.16. The fourth-order valence-electron chi connectivity index (χ4n) is 2.07. The lowest BCUT2D eigenvalue weighted by molar-refractivity contribution is 0.0208. The van der Waals surface area contributed by atoms with E-state index in [4.69, 9.17) is 9.26 Å². The van der Waals surface area contributed by atoms with Crippen LogP contribution < -0.4 is 5.32 Å². The molecule has 0 spiro atoms. The molecule has 6 heteroatoms. The summed E-state index contributed by atoms with van der Waals surface area (Å²) in [6.07, 6.45) is -0.188. The molecule has 1 N–H and O–H groups in total. The highest BCUT2D eigenvalue weighted by Crippen LogP contribution is 2.24. The van der Waals surface area contributed by atoms with Crippen molar-refractivity contribution >= 4 is 0 Å². The molecule has 100 valence electrons. The molecule has 1 aliphatic rings. The van der Waals surface area contributed by atoms with Crippen molar-refractivity contribution < 1.29 is 13.7 Å². The SMILES string of the molecule is Cc1cc(F)ccc1-c1nc(C2CNCCO2)no1. The van der Waals surface area contributed by atoms with Gasteiger partial charge in [0.15, 0.2) is 0 Å². The van der Waals surface area contributed by atoms with Gasteiger partial charge in [-0.1, -0.05) is 5.16 Å². The fourth-order valence-corrected chi connectivity index (χ4v) is 2.07. The lowest BCUT2D eigenvalue weighted by atomic mass is 10.1. The van der Waals surface area contributed by atoms with E-state index in [9.17, 15) is 4.39 Å². The summed E-state index contributed by atoms with van der Waals surface area (Å²) >= 11 is 0. The fraction of sp³-hybridized carbons (Fsp3) is 0.385. The summed E-state index contributed by atoms with van der Waals surface area (Å²) < 4.78 is 23.9. The zero-order chi connectivity index (χ0) is 13.2. The molecule has 1 aromatic carbocycles. The molecule has 1 aliphatic heterocycles. The molecule has 1 atom stereocenters. The summed E-state index contributed by atoms with van der Waals surface area (Å²) in [7, 11) is 0. The van der Waals surface area contributed by atoms with Crippen LogP contribution in [0.3, 0.4) is 0 Å². The third kappa shape index (κ3) is 2.50. The molecule has 0 bridgehead atoms. The molecule has 0 aliphatic carbocycles. The zero-order valence-corrected chi connectivity index (χ0v) is 10.5. The number of halogens is 1. The van der Waals surface area contributed by atoms with Gasteiger partial charge in [-0.3, -0.25) is 0 Å². The van der Waals surface area contributed by atoms with Crippen LogP contribution >= 0.6 is 0 Å². The predicted octanol–water partition coefficient (Wildman–Crippen LogP) is 1.85. The minimum atomic E-state index is -0.277. The molecule has 1 fully saturated rings. The van der Waals surface area contributed by atoms with Crippen molar-refractivity contribution in [3.8, 4) is 11.5 Å². The van der Waals surface area contributed by atoms with Gasteiger partial charge in [-0.15, -0.1) is 0 Å². The van der Waals surface area contributed by atoms with Crippen LogP contribution in [0.1, 0.15) is 17.5 Å². The molecular formula is C13H14FN3O2. The van der Waals surface area contributed by atoms with Crippen molar-refractivity contribution in [3.05, 3.63) is 35.4 Å². The number of benzene rings is 1. The van der Waals surface area contributed by atoms with Crippen molar-refractivity contribution in [3.63, 3.8) is 0 Å². The van der Waals surface area contributed by atoms with Gasteiger partial charge in [-0.05, 0) is 30.7 Å². The maximum absolute atomic E-state index is 13.1. The molecule has 2 aromatic rings. The van der Waals surface area contributed by atoms with Crippen LogP contribution in [0.15, 0.2) is 22.7 Å². The minimum absolute atomic E-state index is 0.188. The first kappa shape index (κ1) is 12.3. The Labute approximate surface area is 109 Å². The van der Waals surface area contributed by atoms with Gasteiger partial charge in [0, 0.05) is 18.7 Å². The van der Waals surface area contributed by atoms with Crippen LogP contribution in [0, 0.1) is 12.7 Å². The third-order valence-corrected chi connectivity index (χ3v) is 3.08. The van der Waals surface area contributed by atoms with E-state index in [1.165, 1.54) is 12.1 Å². The van der Waals surface area contributed by atoms with Gasteiger partial charge in [0.1, 0.15) is 11.9 Å². The Morgan fingerprint density at radius 2 is 2.32 bits per heavy atom. The van der Waals surface area contributed by atoms with Crippen LogP contribution in [0.25, 0.3) is 11.5 Å². The molecule has 19 heavy (non-hydrogen) atoms. The largest absolute Gasteiger partial charge is 0.367 e. The van der Waals surface area contributed by atoms with E-state index < -0.39 is 0 Å². The second-order valence-electron chi connectivity index (χ2n) is 4.48. The normalized spacial score (nSPS) is 19.6. The number of ether oxygens (including phenoxy) is 1. The predicted molar refractivity (Wildman–Crippen MR) is 66.0 cm³/mol. The van der Waals surface area contributed by atoms with Crippen LogP contribution in [0.5, 0.6) is 0 Å². The van der Waals surface area contributed by atoms with Gasteiger partial charge in [0.2, 0.25) is 5.82 Å². The molecule has 0 saturated carbocycles. The molecule has 2 heterocycles. The smallest absolute Gasteiger partial charge is 0.258 e. The Hall–Kier alpha value is -1.79. The summed E-state index contributed by atoms with van der Waals surface area (Å²) in [6, 6.07) is 4.46. The van der Waals surface area contributed by atoms with Crippen LogP contribution in [0.2, 0.25) is 0 Å². The highest BCUT2D eigenvalue weighted by Gasteiger charge is 2.22. The van der Waals surface area contributed by atoms with Crippen LogP contribution in [0.4, 0.5) is 4.39 Å². The van der Waals surface area contributed by atoms with Crippen LogP contribution in [-0.4, -0.2) is 29.8 Å². The van der Waals surface area contributed by atoms with Crippen molar-refractivity contribution in [1.82, 2.24) is 15.5 Å². The molecule has 0 amide bonds. The summed E-state index contributed by atoms with van der Waals surface area (Å²) in [5.74, 6) is 0.633. The van der Waals surface area contributed by atoms with Crippen molar-refractivity contribution in [2.45, 2.75) is 13.0 Å². The van der Waals surface area contributed by atoms with Gasteiger partial charge in [-0.25, -0.2) is 4.39 Å². The van der Waals surface area contributed by atoms with E-state index in [1.54, 1.807) is 13.0 Å². The van der Waals surface area contributed by atoms with E-state index in [0.29, 0.717) is 24.9 Å². The lowest BCUT2D eigenvalue weighted by Gasteiger charge is -2.20. The van der Waals surface area contributed by atoms with Gasteiger partial charge >= 0.3 is 0 Å². The van der Waals surface area contributed by atoms with Gasteiger partial charge in [-0.2, -0.15) is 4.98 Å². The summed E-state index contributed by atoms with van der Waals surface area (Å²) in [5.41, 5.74) is 1.50. The van der Waals surface area contributed by atoms with Crippen molar-refractivity contribution in [1.29, 1.82) is 0 Å². The lowest BCUT2D eigenvalue weighted by Crippen LogP contribution is -2.33. The first-order chi connectivity index (χ1) is 9.24. The first-order valence-corrected chi connectivity index (χ1v) is 6.16. The highest BCUT2D eigenvalue weighted by atomic mass is 19.1. The average Bonchev–Trinajstić information content (AvgIpc) is 2.89. The molecule has 1 saturated heterocycles. The second-order valence-corrected chi connectivity index (χ2v) is 4.48. The molecule has 1 unspecified atom stereocenters. The third-order valence-electron chi connectivity index (χ3n) is 3.08. The summed E-state index contributed by atoms with van der Waals surface area (Å²) in [5, 5.41) is 7.14. The molecular weight excluding hydrogens is 249 g/mol. The molecule has 5 nitrogen and oxygen atoms in total. The molecule has 1 aromatic heterocycles. The van der Waals surface area contributed by atoms with Gasteiger partial charge < -0.3 is 14.6 Å². The number of nitrogens with zero attached hydrogens (tertiary/aromatic N) is 2. The Bertz CT molecular complexity index is 579. The van der Waals surface area contributed by atoms with Gasteiger partial charge in [0.25, 0.3) is 5.89 Å². The number of morpholine rings is 1. The van der Waals surface area contributed by atoms with E-state index in [1.807, 2.05) is 0 Å². The summed E-state index contributed by atoms with van der Waals surface area (Å²) in [6.45, 7) is 3.94. The number of aryl methyl sites for hydroxylation is 1. The number of nitrogens with one attached hydrogen (secondary N) is 1. The Kier molecular flexibility index (Phi) is 3.27. The number of hydrogen-bond acceptors (Lipinski definition) is 5. The monoisotopic (exact) mass is 263 g/mol. The van der Waals surface area contributed by atoms with Crippen LogP contribution in [-0.2, 0) is 4.74 Å². The average molecular weight is 263 g/mol. The Morgan fingerprint density at radius 3 is 3.05 bits per heavy atom. The zero-order valence-electron chi connectivity index (χ0n) is 10.5. The maximum Gasteiger partial charge on any atom is 0.258 e. The van der Waals surface area contributed by atoms with E-state index in [-0.39, 0.29) is 11.9 Å². The second kappa shape index (κ2) is 5.07. The van der Waals surface area contributed by atoms with E-state index >= 15 is 0 Å². The number of rotatable bonds is 2. The van der Waals surface area contributed by atoms with E-state index in [2.05, 4.69) is 15.5 Å². The number of aromatic nitrogens is 2. The van der Waals surface area contributed by atoms with Crippen molar-refractivity contribution in [2.75, 3.05) is 19.7 Å². The van der Waals surface area contributed by atoms with Crippen molar-refractivity contribution in [2.24, 2.45) is 0 Å². The Balaban J connectivity index is 1.87.